The van der Waals surface area contributed by atoms with Gasteiger partial charge in [0.05, 0.1) is 20.4 Å². The largest absolute Gasteiger partial charge is 0.493 e. The normalized spacial score (nSPS) is 11.0. The number of hydrogen-bond donors (Lipinski definition) is 0. The van der Waals surface area contributed by atoms with Gasteiger partial charge in [0, 0.05) is 16.3 Å². The topological polar surface area (TPSA) is 61.5 Å². The van der Waals surface area contributed by atoms with Crippen LogP contribution >= 0.6 is 0 Å². The van der Waals surface area contributed by atoms with E-state index in [0.29, 0.717) is 17.3 Å². The van der Waals surface area contributed by atoms with Crippen LogP contribution in [0.2, 0.25) is 0 Å². The van der Waals surface area contributed by atoms with E-state index in [0.717, 1.165) is 22.0 Å². The Balaban J connectivity index is 1.94. The summed E-state index contributed by atoms with van der Waals surface area (Å²) in [5.41, 5.74) is 1.59. The average molecular weight is 306 g/mol. The van der Waals surface area contributed by atoms with E-state index >= 15 is 0 Å². The zero-order valence-corrected chi connectivity index (χ0v) is 12.7. The molecule has 0 aliphatic rings. The molecule has 4 rings (SSSR count). The highest BCUT2D eigenvalue weighted by Gasteiger charge is 2.14. The number of hydrogen-bond acceptors (Lipinski definition) is 5. The summed E-state index contributed by atoms with van der Waals surface area (Å²) in [5, 5.41) is 15.1. The second-order valence-corrected chi connectivity index (χ2v) is 5.06. The quantitative estimate of drug-likeness (QED) is 0.582. The molecule has 4 aromatic rings. The standard InChI is InChI=1S/C17H14N4O2/c1-22-14-8-7-11(9-15(14)23-2)16-19-20-17-13-6-4-3-5-12(13)10-18-21(16)17/h3-10H,1-2H3. The van der Waals surface area contributed by atoms with Crippen molar-refractivity contribution in [3.05, 3.63) is 48.7 Å². The molecule has 0 aliphatic heterocycles. The predicted octanol–water partition coefficient (Wildman–Crippen LogP) is 2.96. The Labute approximate surface area is 132 Å². The van der Waals surface area contributed by atoms with Gasteiger partial charge in [0.2, 0.25) is 0 Å². The molecule has 0 saturated heterocycles. The molecule has 0 aliphatic carbocycles. The molecule has 23 heavy (non-hydrogen) atoms. The van der Waals surface area contributed by atoms with Gasteiger partial charge in [-0.05, 0) is 18.2 Å². The number of benzene rings is 2. The highest BCUT2D eigenvalue weighted by atomic mass is 16.5. The highest BCUT2D eigenvalue weighted by Crippen LogP contribution is 2.32. The number of rotatable bonds is 3. The van der Waals surface area contributed by atoms with E-state index in [2.05, 4.69) is 15.3 Å². The molecule has 0 saturated carbocycles. The lowest BCUT2D eigenvalue weighted by atomic mass is 10.2. The third-order valence-corrected chi connectivity index (χ3v) is 3.80. The van der Waals surface area contributed by atoms with E-state index in [9.17, 15) is 0 Å². The second kappa shape index (κ2) is 5.24. The van der Waals surface area contributed by atoms with Crippen LogP contribution in [0.25, 0.3) is 27.8 Å². The Kier molecular flexibility index (Phi) is 3.08. The maximum atomic E-state index is 5.35. The summed E-state index contributed by atoms with van der Waals surface area (Å²) in [6.07, 6.45) is 1.82. The fraction of sp³-hybridized carbons (Fsp3) is 0.118. The number of nitrogens with zero attached hydrogens (tertiary/aromatic N) is 4. The van der Waals surface area contributed by atoms with Gasteiger partial charge >= 0.3 is 0 Å². The van der Waals surface area contributed by atoms with Crippen LogP contribution in [-0.4, -0.2) is 34.0 Å². The monoisotopic (exact) mass is 306 g/mol. The van der Waals surface area contributed by atoms with Crippen molar-refractivity contribution < 1.29 is 9.47 Å². The summed E-state index contributed by atoms with van der Waals surface area (Å²) < 4.78 is 12.4. The summed E-state index contributed by atoms with van der Waals surface area (Å²) in [5.74, 6) is 1.97. The molecule has 2 aromatic carbocycles. The first-order valence-corrected chi connectivity index (χ1v) is 7.13. The Hall–Kier alpha value is -3.15. The smallest absolute Gasteiger partial charge is 0.186 e. The zero-order chi connectivity index (χ0) is 15.8. The molecule has 0 spiro atoms. The molecule has 2 heterocycles. The number of methoxy groups -OCH3 is 2. The van der Waals surface area contributed by atoms with Crippen LogP contribution in [-0.2, 0) is 0 Å². The minimum atomic E-state index is 0.641. The van der Waals surface area contributed by atoms with Gasteiger partial charge in [-0.2, -0.15) is 9.61 Å². The van der Waals surface area contributed by atoms with Crippen LogP contribution < -0.4 is 9.47 Å². The van der Waals surface area contributed by atoms with Crippen molar-refractivity contribution in [3.8, 4) is 22.9 Å². The van der Waals surface area contributed by atoms with Crippen molar-refractivity contribution >= 4 is 16.4 Å². The third-order valence-electron chi connectivity index (χ3n) is 3.80. The van der Waals surface area contributed by atoms with Crippen molar-refractivity contribution in [1.29, 1.82) is 0 Å². The Morgan fingerprint density at radius 1 is 0.913 bits per heavy atom. The molecule has 0 atom stereocenters. The lowest BCUT2D eigenvalue weighted by Crippen LogP contribution is -1.96. The van der Waals surface area contributed by atoms with Crippen LogP contribution in [0.15, 0.2) is 48.7 Å². The number of aromatic nitrogens is 4. The van der Waals surface area contributed by atoms with Crippen molar-refractivity contribution in [3.63, 3.8) is 0 Å². The van der Waals surface area contributed by atoms with Crippen LogP contribution in [0.1, 0.15) is 0 Å². The van der Waals surface area contributed by atoms with Crippen molar-refractivity contribution in [2.45, 2.75) is 0 Å². The van der Waals surface area contributed by atoms with E-state index in [4.69, 9.17) is 9.47 Å². The third kappa shape index (κ3) is 2.07. The summed E-state index contributed by atoms with van der Waals surface area (Å²) >= 11 is 0. The Morgan fingerprint density at radius 2 is 1.74 bits per heavy atom. The molecular formula is C17H14N4O2. The molecule has 0 unspecified atom stereocenters. The maximum absolute atomic E-state index is 5.35. The Morgan fingerprint density at radius 3 is 2.57 bits per heavy atom. The van der Waals surface area contributed by atoms with E-state index in [1.807, 2.05) is 48.7 Å². The molecule has 0 fully saturated rings. The van der Waals surface area contributed by atoms with Crippen LogP contribution in [0, 0.1) is 0 Å². The minimum Gasteiger partial charge on any atom is -0.493 e. The molecule has 6 heteroatoms. The lowest BCUT2D eigenvalue weighted by molar-refractivity contribution is 0.355. The van der Waals surface area contributed by atoms with Gasteiger partial charge in [-0.3, -0.25) is 0 Å². The fourth-order valence-electron chi connectivity index (χ4n) is 2.65. The van der Waals surface area contributed by atoms with E-state index in [1.165, 1.54) is 0 Å². The van der Waals surface area contributed by atoms with Gasteiger partial charge < -0.3 is 9.47 Å². The van der Waals surface area contributed by atoms with Crippen molar-refractivity contribution in [1.82, 2.24) is 19.8 Å². The molecule has 114 valence electrons. The molecule has 2 aromatic heterocycles. The van der Waals surface area contributed by atoms with Gasteiger partial charge in [0.1, 0.15) is 0 Å². The molecule has 0 amide bonds. The maximum Gasteiger partial charge on any atom is 0.186 e. The first kappa shape index (κ1) is 13.5. The van der Waals surface area contributed by atoms with Crippen LogP contribution in [0.5, 0.6) is 11.5 Å². The fourth-order valence-corrected chi connectivity index (χ4v) is 2.65. The molecule has 0 radical (unpaired) electrons. The van der Waals surface area contributed by atoms with Gasteiger partial charge in [0.25, 0.3) is 0 Å². The Bertz CT molecular complexity index is 1010. The lowest BCUT2D eigenvalue weighted by Gasteiger charge is -2.08. The van der Waals surface area contributed by atoms with Gasteiger partial charge in [0.15, 0.2) is 23.0 Å². The average Bonchev–Trinajstić information content (AvgIpc) is 3.05. The first-order valence-electron chi connectivity index (χ1n) is 7.13. The first-order chi connectivity index (χ1) is 11.3. The minimum absolute atomic E-state index is 0.641. The van der Waals surface area contributed by atoms with Crippen LogP contribution in [0.4, 0.5) is 0 Å². The number of fused-ring (bicyclic) bond motifs is 3. The summed E-state index contributed by atoms with van der Waals surface area (Å²) in [6, 6.07) is 13.6. The van der Waals surface area contributed by atoms with E-state index in [-0.39, 0.29) is 0 Å². The van der Waals surface area contributed by atoms with Gasteiger partial charge in [-0.25, -0.2) is 0 Å². The van der Waals surface area contributed by atoms with Gasteiger partial charge in [-0.15, -0.1) is 10.2 Å². The molecule has 0 bridgehead atoms. The molecule has 6 nitrogen and oxygen atoms in total. The van der Waals surface area contributed by atoms with E-state index < -0.39 is 0 Å². The summed E-state index contributed by atoms with van der Waals surface area (Å²) in [6.45, 7) is 0. The van der Waals surface area contributed by atoms with E-state index in [1.54, 1.807) is 18.7 Å². The van der Waals surface area contributed by atoms with Crippen molar-refractivity contribution in [2.24, 2.45) is 0 Å². The molecular weight excluding hydrogens is 292 g/mol. The van der Waals surface area contributed by atoms with Gasteiger partial charge in [-0.1, -0.05) is 24.3 Å². The number of ether oxygens (including phenoxy) is 2. The SMILES string of the molecule is COc1ccc(-c2nnc3c4ccccc4cnn23)cc1OC. The summed E-state index contributed by atoms with van der Waals surface area (Å²) in [4.78, 5) is 0. The van der Waals surface area contributed by atoms with Crippen LogP contribution in [0.3, 0.4) is 0 Å². The summed E-state index contributed by atoms with van der Waals surface area (Å²) in [7, 11) is 3.22. The zero-order valence-electron chi connectivity index (χ0n) is 12.7. The second-order valence-electron chi connectivity index (χ2n) is 5.06. The predicted molar refractivity (Wildman–Crippen MR) is 86.8 cm³/mol. The highest BCUT2D eigenvalue weighted by molar-refractivity contribution is 5.93. The van der Waals surface area contributed by atoms with Crippen molar-refractivity contribution in [2.75, 3.05) is 14.2 Å². The molecule has 0 N–H and O–H groups in total.